The molecule has 4 aliphatic carbocycles. The molecule has 0 aromatic heterocycles. The molecule has 0 N–H and O–H groups in total. The molecule has 2 heteroatoms. The van der Waals surface area contributed by atoms with Crippen molar-refractivity contribution < 1.29 is 9.53 Å². The Morgan fingerprint density at radius 3 is 2.47 bits per heavy atom. The van der Waals surface area contributed by atoms with Crippen molar-refractivity contribution in [1.29, 1.82) is 0 Å². The third-order valence-electron chi connectivity index (χ3n) is 10.9. The molecule has 2 nitrogen and oxygen atoms in total. The van der Waals surface area contributed by atoms with Crippen molar-refractivity contribution in [2.75, 3.05) is 0 Å². The molecular formula is C30H48O2. The summed E-state index contributed by atoms with van der Waals surface area (Å²) in [5.74, 6) is 5.35. The highest BCUT2D eigenvalue weighted by molar-refractivity contribution is 5.66. The molecule has 0 spiro atoms. The molecule has 0 aliphatic heterocycles. The molecule has 32 heavy (non-hydrogen) atoms. The Labute approximate surface area is 197 Å². The highest BCUT2D eigenvalue weighted by Crippen LogP contribution is 2.67. The maximum absolute atomic E-state index is 11.5. The van der Waals surface area contributed by atoms with Crippen molar-refractivity contribution in [2.45, 2.75) is 106 Å². The van der Waals surface area contributed by atoms with Gasteiger partial charge in [-0.05, 0) is 97.2 Å². The van der Waals surface area contributed by atoms with Gasteiger partial charge in [0.1, 0.15) is 6.10 Å². The van der Waals surface area contributed by atoms with Crippen molar-refractivity contribution in [3.05, 3.63) is 23.8 Å². The fourth-order valence-electron chi connectivity index (χ4n) is 8.57. The average molecular weight is 441 g/mol. The number of hydrogen-bond donors (Lipinski definition) is 0. The van der Waals surface area contributed by atoms with Crippen LogP contribution in [0.2, 0.25) is 0 Å². The summed E-state index contributed by atoms with van der Waals surface area (Å²) in [6, 6.07) is 0. The number of fused-ring (bicyclic) bond motifs is 5. The molecular weight excluding hydrogens is 392 g/mol. The second-order valence-electron chi connectivity index (χ2n) is 12.8. The van der Waals surface area contributed by atoms with Crippen LogP contribution in [-0.4, -0.2) is 12.1 Å². The summed E-state index contributed by atoms with van der Waals surface area (Å²) in [5.41, 5.74) is 2.44. The summed E-state index contributed by atoms with van der Waals surface area (Å²) in [5, 5.41) is 0. The summed E-state index contributed by atoms with van der Waals surface area (Å²) < 4.78 is 5.62. The first-order chi connectivity index (χ1) is 15.1. The van der Waals surface area contributed by atoms with Gasteiger partial charge in [0, 0.05) is 13.3 Å². The van der Waals surface area contributed by atoms with E-state index >= 15 is 0 Å². The lowest BCUT2D eigenvalue weighted by molar-refractivity contribution is -0.148. The van der Waals surface area contributed by atoms with Gasteiger partial charge in [-0.25, -0.2) is 0 Å². The number of ether oxygens (including phenoxy) is 1. The summed E-state index contributed by atoms with van der Waals surface area (Å²) >= 11 is 0. The first-order valence-electron chi connectivity index (χ1n) is 13.6. The number of esters is 1. The Bertz CT molecular complexity index is 763. The summed E-state index contributed by atoms with van der Waals surface area (Å²) in [4.78, 5) is 11.5. The van der Waals surface area contributed by atoms with Crippen LogP contribution in [0.5, 0.6) is 0 Å². The number of carbonyl (C=O) groups excluding carboxylic acids is 1. The monoisotopic (exact) mass is 440 g/mol. The van der Waals surface area contributed by atoms with E-state index in [9.17, 15) is 4.79 Å². The molecule has 0 unspecified atom stereocenters. The summed E-state index contributed by atoms with van der Waals surface area (Å²) in [6.07, 6.45) is 17.8. The van der Waals surface area contributed by atoms with Gasteiger partial charge in [-0.3, -0.25) is 4.79 Å². The maximum atomic E-state index is 11.5. The fourth-order valence-corrected chi connectivity index (χ4v) is 8.57. The Kier molecular flexibility index (Phi) is 6.74. The van der Waals surface area contributed by atoms with Gasteiger partial charge in [0.2, 0.25) is 0 Å². The van der Waals surface area contributed by atoms with Crippen LogP contribution in [0.1, 0.15) is 99.8 Å². The standard InChI is InChI=1S/C30H48O2/c1-19(2)20(3)8-9-21(4)26-12-13-27-25-11-10-23-18-24(32-22(5)31)14-16-29(23,6)28(25)15-17-30(26,27)7/h8-10,19-21,24-28H,11-18H2,1-7H3/b9-8+/t20-,21+,24+,25-,26+,27-,28-,29-,30-/m1/s1. The fraction of sp³-hybridized carbons (Fsp3) is 0.833. The largest absolute Gasteiger partial charge is 0.462 e. The molecule has 3 fully saturated rings. The van der Waals surface area contributed by atoms with Crippen molar-refractivity contribution in [3.63, 3.8) is 0 Å². The van der Waals surface area contributed by atoms with Crippen LogP contribution in [0, 0.1) is 52.3 Å². The van der Waals surface area contributed by atoms with Gasteiger partial charge in [0.15, 0.2) is 0 Å². The lowest BCUT2D eigenvalue weighted by atomic mass is 9.47. The molecule has 180 valence electrons. The van der Waals surface area contributed by atoms with Crippen LogP contribution < -0.4 is 0 Å². The van der Waals surface area contributed by atoms with E-state index < -0.39 is 0 Å². The highest BCUT2D eigenvalue weighted by Gasteiger charge is 2.59. The minimum absolute atomic E-state index is 0.106. The van der Waals surface area contributed by atoms with Crippen LogP contribution in [0.25, 0.3) is 0 Å². The first kappa shape index (κ1) is 24.1. The van der Waals surface area contributed by atoms with Crippen molar-refractivity contribution in [3.8, 4) is 0 Å². The molecule has 4 rings (SSSR count). The zero-order valence-electron chi connectivity index (χ0n) is 21.8. The van der Waals surface area contributed by atoms with E-state index in [0.717, 1.165) is 42.4 Å². The zero-order chi connectivity index (χ0) is 23.3. The zero-order valence-corrected chi connectivity index (χ0v) is 21.8. The van der Waals surface area contributed by atoms with Gasteiger partial charge >= 0.3 is 5.97 Å². The van der Waals surface area contributed by atoms with Gasteiger partial charge in [0.05, 0.1) is 0 Å². The van der Waals surface area contributed by atoms with Crippen LogP contribution in [0.3, 0.4) is 0 Å². The lowest BCUT2D eigenvalue weighted by Crippen LogP contribution is -2.51. The second-order valence-corrected chi connectivity index (χ2v) is 12.8. The van der Waals surface area contributed by atoms with Crippen molar-refractivity contribution >= 4 is 5.97 Å². The van der Waals surface area contributed by atoms with Crippen molar-refractivity contribution in [1.82, 2.24) is 0 Å². The molecule has 0 heterocycles. The summed E-state index contributed by atoms with van der Waals surface area (Å²) in [6.45, 7) is 16.3. The molecule has 0 aromatic carbocycles. The van der Waals surface area contributed by atoms with Crippen LogP contribution >= 0.6 is 0 Å². The van der Waals surface area contributed by atoms with Gasteiger partial charge in [0.25, 0.3) is 0 Å². The van der Waals surface area contributed by atoms with Crippen LogP contribution in [-0.2, 0) is 9.53 Å². The van der Waals surface area contributed by atoms with Gasteiger partial charge in [-0.1, -0.05) is 65.3 Å². The van der Waals surface area contributed by atoms with E-state index in [2.05, 4.69) is 59.8 Å². The third kappa shape index (κ3) is 4.14. The lowest BCUT2D eigenvalue weighted by Gasteiger charge is -2.58. The highest BCUT2D eigenvalue weighted by atomic mass is 16.5. The van der Waals surface area contributed by atoms with E-state index in [1.165, 1.54) is 38.5 Å². The minimum atomic E-state index is -0.121. The molecule has 0 radical (unpaired) electrons. The minimum Gasteiger partial charge on any atom is -0.462 e. The molecule has 0 bridgehead atoms. The Hall–Kier alpha value is -1.05. The van der Waals surface area contributed by atoms with Gasteiger partial charge in [-0.2, -0.15) is 0 Å². The van der Waals surface area contributed by atoms with Crippen LogP contribution in [0.15, 0.2) is 23.8 Å². The van der Waals surface area contributed by atoms with E-state index in [4.69, 9.17) is 4.74 Å². The first-order valence-corrected chi connectivity index (χ1v) is 13.6. The molecule has 9 atom stereocenters. The Morgan fingerprint density at radius 2 is 1.78 bits per heavy atom. The number of carbonyl (C=O) groups is 1. The molecule has 0 amide bonds. The smallest absolute Gasteiger partial charge is 0.302 e. The maximum Gasteiger partial charge on any atom is 0.302 e. The van der Waals surface area contributed by atoms with Crippen molar-refractivity contribution in [2.24, 2.45) is 52.3 Å². The third-order valence-corrected chi connectivity index (χ3v) is 10.9. The predicted octanol–water partition coefficient (Wildman–Crippen LogP) is 7.98. The average Bonchev–Trinajstić information content (AvgIpc) is 3.08. The SMILES string of the molecule is CC(=O)O[C@H]1CC[C@]2(C)C(=CC[C@@H]3[C@H]4CC[C@@H]([C@@H](C)/C=C/[C@@H](C)C(C)C)[C@@]4(C)CC[C@H]32)C1. The Balaban J connectivity index is 1.50. The van der Waals surface area contributed by atoms with E-state index in [1.807, 2.05) is 0 Å². The van der Waals surface area contributed by atoms with E-state index in [0.29, 0.717) is 22.7 Å². The predicted molar refractivity (Wildman–Crippen MR) is 133 cm³/mol. The summed E-state index contributed by atoms with van der Waals surface area (Å²) in [7, 11) is 0. The number of hydrogen-bond acceptors (Lipinski definition) is 2. The molecule has 4 aliphatic rings. The second kappa shape index (κ2) is 8.95. The number of allylic oxidation sites excluding steroid dienone is 3. The van der Waals surface area contributed by atoms with Gasteiger partial charge < -0.3 is 4.74 Å². The number of rotatable bonds is 5. The molecule has 3 saturated carbocycles. The van der Waals surface area contributed by atoms with E-state index in [1.54, 1.807) is 12.5 Å². The normalized spacial score (nSPS) is 43.2. The van der Waals surface area contributed by atoms with E-state index in [-0.39, 0.29) is 12.1 Å². The molecule has 0 saturated heterocycles. The van der Waals surface area contributed by atoms with Crippen LogP contribution in [0.4, 0.5) is 0 Å². The topological polar surface area (TPSA) is 26.3 Å². The quantitative estimate of drug-likeness (QED) is 0.320. The Morgan fingerprint density at radius 1 is 1.03 bits per heavy atom. The molecule has 0 aromatic rings. The van der Waals surface area contributed by atoms with Gasteiger partial charge in [-0.15, -0.1) is 0 Å².